The second-order valence-corrected chi connectivity index (χ2v) is 9.64. The van der Waals surface area contributed by atoms with Crippen LogP contribution < -0.4 is 4.90 Å². The molecule has 2 amide bonds. The maximum atomic E-state index is 12.8. The number of rotatable bonds is 3. The zero-order valence-corrected chi connectivity index (χ0v) is 17.1. The first kappa shape index (κ1) is 19.1. The third-order valence-electron chi connectivity index (χ3n) is 6.46. The van der Waals surface area contributed by atoms with Gasteiger partial charge in [0, 0.05) is 31.0 Å². The Morgan fingerprint density at radius 3 is 2.75 bits per heavy atom. The van der Waals surface area contributed by atoms with Gasteiger partial charge < -0.3 is 19.2 Å². The van der Waals surface area contributed by atoms with Crippen LogP contribution in [0.15, 0.2) is 35.0 Å². The summed E-state index contributed by atoms with van der Waals surface area (Å²) in [6, 6.07) is 3.25. The molecule has 4 atom stereocenters. The Kier molecular flexibility index (Phi) is 3.83. The summed E-state index contributed by atoms with van der Waals surface area (Å²) >= 11 is 0. The van der Waals surface area contributed by atoms with Crippen molar-refractivity contribution in [2.45, 2.75) is 57.8 Å². The Morgan fingerprint density at radius 1 is 1.43 bits per heavy atom. The van der Waals surface area contributed by atoms with E-state index in [1.54, 1.807) is 50.9 Å². The molecule has 3 aliphatic rings. The van der Waals surface area contributed by atoms with E-state index in [-0.39, 0.29) is 29.3 Å². The van der Waals surface area contributed by atoms with E-state index in [9.17, 15) is 14.7 Å². The standard InChI is InChI=1S/C21H28N2O5/c1-18(2,3)28-17(25)23(15-7-6-10-27-15)13-20(26)8-9-21-12-19(21,4)16(24)22(5)14(21)11-20/h6-10,14,26H,11-13H2,1-5H3/t14-,19+,20?,21-/m0/s1. The SMILES string of the molecule is CN1C(=O)[C@@]2(C)C[C@]23C=CC(O)(CN(C(=O)OC(C)(C)C)c2ccco2)C[C@H]13. The van der Waals surface area contributed by atoms with E-state index < -0.39 is 17.3 Å². The molecule has 4 rings (SSSR count). The van der Waals surface area contributed by atoms with Gasteiger partial charge in [-0.3, -0.25) is 4.79 Å². The van der Waals surface area contributed by atoms with Crippen molar-refractivity contribution in [2.24, 2.45) is 10.8 Å². The first-order valence-corrected chi connectivity index (χ1v) is 9.65. The van der Waals surface area contributed by atoms with Crippen molar-refractivity contribution in [3.05, 3.63) is 30.5 Å². The summed E-state index contributed by atoms with van der Waals surface area (Å²) in [5.41, 5.74) is -2.53. The lowest BCUT2D eigenvalue weighted by atomic mass is 9.77. The molecule has 1 aliphatic heterocycles. The van der Waals surface area contributed by atoms with E-state index in [2.05, 4.69) is 0 Å². The van der Waals surface area contributed by atoms with Crippen molar-refractivity contribution in [2.75, 3.05) is 18.5 Å². The monoisotopic (exact) mass is 388 g/mol. The van der Waals surface area contributed by atoms with E-state index in [1.165, 1.54) is 11.2 Å². The highest BCUT2D eigenvalue weighted by Gasteiger charge is 2.78. The summed E-state index contributed by atoms with van der Waals surface area (Å²) in [6.07, 6.45) is 5.80. The predicted molar refractivity (Wildman–Crippen MR) is 103 cm³/mol. The highest BCUT2D eigenvalue weighted by atomic mass is 16.6. The molecule has 1 aromatic heterocycles. The van der Waals surface area contributed by atoms with E-state index in [1.807, 2.05) is 13.0 Å². The van der Waals surface area contributed by atoms with Crippen molar-refractivity contribution < 1.29 is 23.8 Å². The maximum absolute atomic E-state index is 12.8. The molecule has 0 aromatic carbocycles. The van der Waals surface area contributed by atoms with Crippen molar-refractivity contribution >= 4 is 17.9 Å². The summed E-state index contributed by atoms with van der Waals surface area (Å²) < 4.78 is 10.9. The number of carbonyl (C=O) groups excluding carboxylic acids is 2. The molecule has 28 heavy (non-hydrogen) atoms. The number of anilines is 1. The van der Waals surface area contributed by atoms with Gasteiger partial charge in [0.05, 0.1) is 18.2 Å². The summed E-state index contributed by atoms with van der Waals surface area (Å²) in [4.78, 5) is 28.5. The molecule has 1 saturated heterocycles. The summed E-state index contributed by atoms with van der Waals surface area (Å²) in [5, 5.41) is 11.3. The number of piperidine rings is 1. The van der Waals surface area contributed by atoms with Gasteiger partial charge in [-0.2, -0.15) is 0 Å². The van der Waals surface area contributed by atoms with E-state index >= 15 is 0 Å². The van der Waals surface area contributed by atoms with Gasteiger partial charge in [0.1, 0.15) is 11.2 Å². The fraction of sp³-hybridized carbons (Fsp3) is 0.619. The number of amides is 2. The second kappa shape index (κ2) is 5.63. The Labute approximate surface area is 164 Å². The fourth-order valence-electron chi connectivity index (χ4n) is 4.92. The molecule has 1 aromatic rings. The van der Waals surface area contributed by atoms with Crippen LogP contribution in [0.1, 0.15) is 40.5 Å². The molecule has 2 heterocycles. The quantitative estimate of drug-likeness (QED) is 0.805. The molecule has 2 fully saturated rings. The van der Waals surface area contributed by atoms with Gasteiger partial charge in [-0.25, -0.2) is 9.69 Å². The Bertz CT molecular complexity index is 841. The lowest BCUT2D eigenvalue weighted by Gasteiger charge is -2.40. The highest BCUT2D eigenvalue weighted by Crippen LogP contribution is 2.74. The number of likely N-dealkylation sites (tertiary alicyclic amines) is 1. The Morgan fingerprint density at radius 2 is 2.14 bits per heavy atom. The van der Waals surface area contributed by atoms with Crippen LogP contribution in [-0.4, -0.2) is 52.8 Å². The highest BCUT2D eigenvalue weighted by molar-refractivity contribution is 5.92. The number of carbonyl (C=O) groups is 2. The molecule has 0 radical (unpaired) electrons. The number of hydrogen-bond donors (Lipinski definition) is 1. The van der Waals surface area contributed by atoms with Gasteiger partial charge in [0.25, 0.3) is 0 Å². The summed E-state index contributed by atoms with van der Waals surface area (Å²) in [5.74, 6) is 0.435. The Balaban J connectivity index is 1.60. The van der Waals surface area contributed by atoms with Crippen LogP contribution in [0.2, 0.25) is 0 Å². The van der Waals surface area contributed by atoms with Gasteiger partial charge >= 0.3 is 6.09 Å². The van der Waals surface area contributed by atoms with Gasteiger partial charge in [-0.15, -0.1) is 0 Å². The predicted octanol–water partition coefficient (Wildman–Crippen LogP) is 2.95. The normalized spacial score (nSPS) is 36.1. The third-order valence-corrected chi connectivity index (χ3v) is 6.46. The summed E-state index contributed by atoms with van der Waals surface area (Å²) in [7, 11) is 1.80. The molecule has 1 unspecified atom stereocenters. The maximum Gasteiger partial charge on any atom is 0.417 e. The molecule has 2 aliphatic carbocycles. The van der Waals surface area contributed by atoms with Crippen LogP contribution in [0.5, 0.6) is 0 Å². The number of furan rings is 1. The largest absolute Gasteiger partial charge is 0.448 e. The Hall–Kier alpha value is -2.28. The zero-order valence-electron chi connectivity index (χ0n) is 17.1. The number of hydrogen-bond acceptors (Lipinski definition) is 5. The average molecular weight is 388 g/mol. The molecule has 7 heteroatoms. The zero-order chi connectivity index (χ0) is 20.5. The van der Waals surface area contributed by atoms with Crippen LogP contribution in [0.3, 0.4) is 0 Å². The van der Waals surface area contributed by atoms with Gasteiger partial charge in [-0.1, -0.05) is 12.2 Å². The van der Waals surface area contributed by atoms with E-state index in [4.69, 9.17) is 9.15 Å². The van der Waals surface area contributed by atoms with Crippen molar-refractivity contribution in [1.29, 1.82) is 0 Å². The van der Waals surface area contributed by atoms with Gasteiger partial charge in [0.2, 0.25) is 11.8 Å². The molecule has 1 saturated carbocycles. The first-order chi connectivity index (χ1) is 12.9. The minimum atomic E-state index is -1.29. The third kappa shape index (κ3) is 2.67. The molecule has 7 nitrogen and oxygen atoms in total. The minimum Gasteiger partial charge on any atom is -0.448 e. The van der Waals surface area contributed by atoms with E-state index in [0.717, 1.165) is 6.42 Å². The molecular weight excluding hydrogens is 360 g/mol. The van der Waals surface area contributed by atoms with E-state index in [0.29, 0.717) is 12.3 Å². The van der Waals surface area contributed by atoms with Crippen LogP contribution in [0.25, 0.3) is 0 Å². The minimum absolute atomic E-state index is 0.0166. The first-order valence-electron chi connectivity index (χ1n) is 9.65. The lowest BCUT2D eigenvalue weighted by molar-refractivity contribution is -0.133. The molecule has 1 N–H and O–H groups in total. The average Bonchev–Trinajstić information content (AvgIpc) is 2.92. The van der Waals surface area contributed by atoms with Crippen molar-refractivity contribution in [3.63, 3.8) is 0 Å². The van der Waals surface area contributed by atoms with Gasteiger partial charge in [0.15, 0.2) is 0 Å². The van der Waals surface area contributed by atoms with Crippen molar-refractivity contribution in [3.8, 4) is 0 Å². The smallest absolute Gasteiger partial charge is 0.417 e. The van der Waals surface area contributed by atoms with Gasteiger partial charge in [-0.05, 0) is 40.2 Å². The van der Waals surface area contributed by atoms with Crippen LogP contribution in [-0.2, 0) is 9.53 Å². The summed E-state index contributed by atoms with van der Waals surface area (Å²) in [6.45, 7) is 7.35. The topological polar surface area (TPSA) is 83.2 Å². The number of ether oxygens (including phenoxy) is 1. The molecule has 0 bridgehead atoms. The molecule has 152 valence electrons. The van der Waals surface area contributed by atoms with Crippen LogP contribution >= 0.6 is 0 Å². The fourth-order valence-corrected chi connectivity index (χ4v) is 4.92. The number of aliphatic hydroxyl groups is 1. The lowest BCUT2D eigenvalue weighted by Crippen LogP contribution is -2.52. The second-order valence-electron chi connectivity index (χ2n) is 9.64. The van der Waals surface area contributed by atoms with Crippen molar-refractivity contribution in [1.82, 2.24) is 4.90 Å². The van der Waals surface area contributed by atoms with Crippen LogP contribution in [0.4, 0.5) is 10.7 Å². The molecular formula is C21H28N2O5. The number of nitrogens with zero attached hydrogens (tertiary/aromatic N) is 2. The molecule has 1 spiro atoms. The van der Waals surface area contributed by atoms with Crippen LogP contribution in [0, 0.1) is 10.8 Å².